The summed E-state index contributed by atoms with van der Waals surface area (Å²) in [5.74, 6) is 0. The topological polar surface area (TPSA) is 35.5 Å². The van der Waals surface area contributed by atoms with Crippen molar-refractivity contribution in [1.82, 2.24) is 10.2 Å². The van der Waals surface area contributed by atoms with Gasteiger partial charge in [0.05, 0.1) is 6.10 Å². The summed E-state index contributed by atoms with van der Waals surface area (Å²) in [4.78, 5) is 2.52. The molecule has 2 N–H and O–H groups in total. The van der Waals surface area contributed by atoms with E-state index in [9.17, 15) is 5.11 Å². The summed E-state index contributed by atoms with van der Waals surface area (Å²) in [6, 6.07) is 0.362. The van der Waals surface area contributed by atoms with E-state index >= 15 is 0 Å². The molecule has 0 amide bonds. The maximum Gasteiger partial charge on any atom is 0.0693 e. The lowest BCUT2D eigenvalue weighted by Crippen LogP contribution is -2.44. The maximum absolute atomic E-state index is 9.78. The van der Waals surface area contributed by atoms with Gasteiger partial charge in [-0.05, 0) is 38.8 Å². The first-order valence-corrected chi connectivity index (χ1v) is 6.50. The van der Waals surface area contributed by atoms with Crippen LogP contribution >= 0.6 is 0 Å². The zero-order valence-corrected chi connectivity index (χ0v) is 9.62. The zero-order chi connectivity index (χ0) is 10.5. The molecule has 88 valence electrons. The third kappa shape index (κ3) is 3.44. The van der Waals surface area contributed by atoms with Gasteiger partial charge in [-0.2, -0.15) is 0 Å². The highest BCUT2D eigenvalue weighted by Crippen LogP contribution is 2.18. The van der Waals surface area contributed by atoms with Crippen molar-refractivity contribution in [1.29, 1.82) is 0 Å². The van der Waals surface area contributed by atoms with Crippen molar-refractivity contribution in [2.75, 3.05) is 26.2 Å². The molecule has 2 atom stereocenters. The molecule has 3 nitrogen and oxygen atoms in total. The van der Waals surface area contributed by atoms with Crippen LogP contribution in [0, 0.1) is 0 Å². The van der Waals surface area contributed by atoms with E-state index < -0.39 is 0 Å². The van der Waals surface area contributed by atoms with Crippen LogP contribution in [0.2, 0.25) is 0 Å². The Morgan fingerprint density at radius 2 is 1.80 bits per heavy atom. The summed E-state index contributed by atoms with van der Waals surface area (Å²) in [5, 5.41) is 13.3. The van der Waals surface area contributed by atoms with Crippen LogP contribution in [0.3, 0.4) is 0 Å². The molecule has 0 radical (unpaired) electrons. The van der Waals surface area contributed by atoms with Gasteiger partial charge in [0.15, 0.2) is 0 Å². The minimum Gasteiger partial charge on any atom is -0.392 e. The quantitative estimate of drug-likeness (QED) is 0.729. The highest BCUT2D eigenvalue weighted by atomic mass is 16.3. The summed E-state index contributed by atoms with van der Waals surface area (Å²) in [6.07, 6.45) is 7.25. The molecule has 0 aromatic carbocycles. The summed E-state index contributed by atoms with van der Waals surface area (Å²) < 4.78 is 0. The Labute approximate surface area is 92.8 Å². The summed E-state index contributed by atoms with van der Waals surface area (Å²) in [5.41, 5.74) is 0. The number of nitrogens with zero attached hydrogens (tertiary/aromatic N) is 1. The van der Waals surface area contributed by atoms with Gasteiger partial charge in [0.25, 0.3) is 0 Å². The molecule has 2 fully saturated rings. The third-order valence-corrected chi connectivity index (χ3v) is 3.76. The lowest BCUT2D eigenvalue weighted by atomic mass is 9.93. The van der Waals surface area contributed by atoms with Crippen LogP contribution < -0.4 is 5.32 Å². The molecule has 2 aliphatic rings. The molecule has 2 rings (SSSR count). The molecule has 0 bridgehead atoms. The molecule has 1 aliphatic heterocycles. The van der Waals surface area contributed by atoms with E-state index in [0.717, 1.165) is 25.9 Å². The molecule has 0 unspecified atom stereocenters. The Hall–Kier alpha value is -0.120. The molecule has 3 heteroatoms. The molecule has 0 aromatic heterocycles. The number of aliphatic hydroxyl groups is 1. The van der Waals surface area contributed by atoms with Gasteiger partial charge >= 0.3 is 0 Å². The standard InChI is InChI=1S/C12H24N2O/c15-12-6-2-1-5-11(12)13-7-10-14-8-3-4-9-14/h11-13,15H,1-10H2/t11-,12-/m0/s1. The lowest BCUT2D eigenvalue weighted by Gasteiger charge is -2.29. The molecule has 0 aromatic rings. The van der Waals surface area contributed by atoms with Crippen molar-refractivity contribution in [3.8, 4) is 0 Å². The third-order valence-electron chi connectivity index (χ3n) is 3.76. The van der Waals surface area contributed by atoms with Crippen molar-refractivity contribution in [2.24, 2.45) is 0 Å². The normalized spacial score (nSPS) is 33.4. The van der Waals surface area contributed by atoms with Crippen molar-refractivity contribution >= 4 is 0 Å². The molecular weight excluding hydrogens is 188 g/mol. The molecule has 1 saturated carbocycles. The zero-order valence-electron chi connectivity index (χ0n) is 9.62. The van der Waals surface area contributed by atoms with Crippen LogP contribution in [0.5, 0.6) is 0 Å². The van der Waals surface area contributed by atoms with Crippen LogP contribution in [0.1, 0.15) is 38.5 Å². The Bertz CT molecular complexity index is 180. The van der Waals surface area contributed by atoms with Crippen LogP contribution in [-0.2, 0) is 0 Å². The highest BCUT2D eigenvalue weighted by Gasteiger charge is 2.22. The Balaban J connectivity index is 1.59. The SMILES string of the molecule is O[C@H]1CCCC[C@@H]1NCCN1CCCC1. The van der Waals surface area contributed by atoms with Crippen molar-refractivity contribution < 1.29 is 5.11 Å². The molecule has 1 heterocycles. The molecule has 15 heavy (non-hydrogen) atoms. The fraction of sp³-hybridized carbons (Fsp3) is 1.00. The number of hydrogen-bond acceptors (Lipinski definition) is 3. The number of aliphatic hydroxyl groups excluding tert-OH is 1. The minimum absolute atomic E-state index is 0.0997. The number of likely N-dealkylation sites (tertiary alicyclic amines) is 1. The summed E-state index contributed by atoms with van der Waals surface area (Å²) >= 11 is 0. The first-order valence-electron chi connectivity index (χ1n) is 6.50. The Morgan fingerprint density at radius 3 is 2.53 bits per heavy atom. The largest absolute Gasteiger partial charge is 0.392 e. The van der Waals surface area contributed by atoms with Gasteiger partial charge in [0.1, 0.15) is 0 Å². The molecule has 1 saturated heterocycles. The van der Waals surface area contributed by atoms with Crippen LogP contribution in [0.4, 0.5) is 0 Å². The fourth-order valence-corrected chi connectivity index (χ4v) is 2.76. The average Bonchev–Trinajstić information content (AvgIpc) is 2.74. The van der Waals surface area contributed by atoms with E-state index in [4.69, 9.17) is 0 Å². The van der Waals surface area contributed by atoms with E-state index in [0.29, 0.717) is 6.04 Å². The molecule has 0 spiro atoms. The highest BCUT2D eigenvalue weighted by molar-refractivity contribution is 4.80. The molecule has 1 aliphatic carbocycles. The van der Waals surface area contributed by atoms with E-state index in [-0.39, 0.29) is 6.10 Å². The Kier molecular flexibility index (Phi) is 4.42. The number of nitrogens with one attached hydrogen (secondary N) is 1. The van der Waals surface area contributed by atoms with Crippen molar-refractivity contribution in [2.45, 2.75) is 50.7 Å². The minimum atomic E-state index is -0.0997. The molecular formula is C12H24N2O. The predicted octanol–water partition coefficient (Wildman–Crippen LogP) is 0.975. The maximum atomic E-state index is 9.78. The van der Waals surface area contributed by atoms with E-state index in [1.165, 1.54) is 38.8 Å². The first-order chi connectivity index (χ1) is 7.36. The van der Waals surface area contributed by atoms with E-state index in [1.807, 2.05) is 0 Å². The fourth-order valence-electron chi connectivity index (χ4n) is 2.76. The van der Waals surface area contributed by atoms with Gasteiger partial charge in [0, 0.05) is 19.1 Å². The second-order valence-electron chi connectivity index (χ2n) is 4.96. The van der Waals surface area contributed by atoms with Gasteiger partial charge < -0.3 is 15.3 Å². The van der Waals surface area contributed by atoms with Crippen LogP contribution in [0.25, 0.3) is 0 Å². The lowest BCUT2D eigenvalue weighted by molar-refractivity contribution is 0.0898. The van der Waals surface area contributed by atoms with Gasteiger partial charge in [-0.25, -0.2) is 0 Å². The van der Waals surface area contributed by atoms with Crippen LogP contribution in [-0.4, -0.2) is 48.3 Å². The van der Waals surface area contributed by atoms with Gasteiger partial charge in [-0.3, -0.25) is 0 Å². The van der Waals surface area contributed by atoms with Crippen molar-refractivity contribution in [3.05, 3.63) is 0 Å². The monoisotopic (exact) mass is 212 g/mol. The van der Waals surface area contributed by atoms with Crippen molar-refractivity contribution in [3.63, 3.8) is 0 Å². The number of rotatable bonds is 4. The number of hydrogen-bond donors (Lipinski definition) is 2. The van der Waals surface area contributed by atoms with Gasteiger partial charge in [0.2, 0.25) is 0 Å². The van der Waals surface area contributed by atoms with Gasteiger partial charge in [-0.1, -0.05) is 12.8 Å². The average molecular weight is 212 g/mol. The second kappa shape index (κ2) is 5.83. The smallest absolute Gasteiger partial charge is 0.0693 e. The first kappa shape index (κ1) is 11.4. The van der Waals surface area contributed by atoms with E-state index in [1.54, 1.807) is 0 Å². The predicted molar refractivity (Wildman–Crippen MR) is 61.9 cm³/mol. The second-order valence-corrected chi connectivity index (χ2v) is 4.96. The Morgan fingerprint density at radius 1 is 1.07 bits per heavy atom. The van der Waals surface area contributed by atoms with E-state index in [2.05, 4.69) is 10.2 Å². The van der Waals surface area contributed by atoms with Gasteiger partial charge in [-0.15, -0.1) is 0 Å². The van der Waals surface area contributed by atoms with Crippen LogP contribution in [0.15, 0.2) is 0 Å². The summed E-state index contributed by atoms with van der Waals surface area (Å²) in [7, 11) is 0. The summed E-state index contributed by atoms with van der Waals surface area (Å²) in [6.45, 7) is 4.74.